The molecule has 0 saturated heterocycles. The number of imidazole rings is 1. The molecule has 0 bridgehead atoms. The van der Waals surface area contributed by atoms with Crippen molar-refractivity contribution in [1.82, 2.24) is 9.55 Å². The molecule has 1 saturated carbocycles. The number of thioether (sulfide) groups is 1. The summed E-state index contributed by atoms with van der Waals surface area (Å²) in [5.41, 5.74) is 8.10. The number of aromatic nitrogens is 2. The molecule has 0 unspecified atom stereocenters. The van der Waals surface area contributed by atoms with Gasteiger partial charge >= 0.3 is 0 Å². The number of hydrogen-bond acceptors (Lipinski definition) is 4. The van der Waals surface area contributed by atoms with Gasteiger partial charge in [0.1, 0.15) is 5.75 Å². The zero-order valence-corrected chi connectivity index (χ0v) is 12.4. The van der Waals surface area contributed by atoms with E-state index in [9.17, 15) is 0 Å². The van der Waals surface area contributed by atoms with Crippen molar-refractivity contribution in [3.05, 3.63) is 36.4 Å². The summed E-state index contributed by atoms with van der Waals surface area (Å²) in [6.45, 7) is 2.65. The number of ether oxygens (including phenoxy) is 1. The van der Waals surface area contributed by atoms with E-state index in [2.05, 4.69) is 9.55 Å². The van der Waals surface area contributed by atoms with E-state index in [1.165, 1.54) is 18.5 Å². The third-order valence-electron chi connectivity index (χ3n) is 3.36. The van der Waals surface area contributed by atoms with Crippen LogP contribution in [0.15, 0.2) is 35.6 Å². The Morgan fingerprint density at radius 2 is 2.30 bits per heavy atom. The molecular formula is C15H19N3OS. The Balaban J connectivity index is 1.70. The second-order valence-electron chi connectivity index (χ2n) is 4.94. The molecule has 0 atom stereocenters. The van der Waals surface area contributed by atoms with E-state index >= 15 is 0 Å². The van der Waals surface area contributed by atoms with Crippen LogP contribution < -0.4 is 10.5 Å². The quantitative estimate of drug-likeness (QED) is 0.653. The Morgan fingerprint density at radius 1 is 1.45 bits per heavy atom. The summed E-state index contributed by atoms with van der Waals surface area (Å²) in [5, 5.41) is 0. The Labute approximate surface area is 123 Å². The lowest BCUT2D eigenvalue weighted by Crippen LogP contribution is -1.98. The van der Waals surface area contributed by atoms with E-state index < -0.39 is 0 Å². The van der Waals surface area contributed by atoms with Crippen molar-refractivity contribution in [3.63, 3.8) is 0 Å². The van der Waals surface area contributed by atoms with Crippen LogP contribution in [0, 0.1) is 0 Å². The van der Waals surface area contributed by atoms with Gasteiger partial charge in [-0.05, 0) is 38.0 Å². The summed E-state index contributed by atoms with van der Waals surface area (Å²) in [6, 6.07) is 6.50. The fourth-order valence-electron chi connectivity index (χ4n) is 2.17. The summed E-state index contributed by atoms with van der Waals surface area (Å²) in [5.74, 6) is 1.76. The molecule has 1 aromatic carbocycles. The molecule has 1 aromatic heterocycles. The molecule has 2 aromatic rings. The van der Waals surface area contributed by atoms with Gasteiger partial charge in [0.2, 0.25) is 0 Å². The van der Waals surface area contributed by atoms with Gasteiger partial charge in [0.25, 0.3) is 0 Å². The molecule has 1 aliphatic carbocycles. The third-order valence-corrected chi connectivity index (χ3v) is 4.46. The van der Waals surface area contributed by atoms with Crippen molar-refractivity contribution >= 4 is 17.4 Å². The average molecular weight is 289 g/mol. The minimum Gasteiger partial charge on any atom is -0.494 e. The molecule has 0 spiro atoms. The van der Waals surface area contributed by atoms with Gasteiger partial charge < -0.3 is 15.0 Å². The van der Waals surface area contributed by atoms with Crippen LogP contribution in [0.1, 0.15) is 31.5 Å². The first-order valence-corrected chi connectivity index (χ1v) is 7.92. The Bertz CT molecular complexity index is 593. The maximum atomic E-state index is 6.04. The van der Waals surface area contributed by atoms with Crippen LogP contribution in [0.5, 0.6) is 5.75 Å². The van der Waals surface area contributed by atoms with Gasteiger partial charge in [-0.1, -0.05) is 0 Å². The highest BCUT2D eigenvalue weighted by atomic mass is 32.2. The molecule has 106 valence electrons. The molecule has 0 radical (unpaired) electrons. The van der Waals surface area contributed by atoms with Crippen molar-refractivity contribution in [2.24, 2.45) is 0 Å². The summed E-state index contributed by atoms with van der Waals surface area (Å²) in [4.78, 5) is 5.33. The minimum absolute atomic E-state index is 0.667. The van der Waals surface area contributed by atoms with Gasteiger partial charge in [0.05, 0.1) is 12.9 Å². The van der Waals surface area contributed by atoms with E-state index in [1.807, 2.05) is 37.6 Å². The zero-order valence-electron chi connectivity index (χ0n) is 11.6. The van der Waals surface area contributed by atoms with Gasteiger partial charge in [0.15, 0.2) is 0 Å². The van der Waals surface area contributed by atoms with Gasteiger partial charge in [0, 0.05) is 34.3 Å². The first-order chi connectivity index (χ1) is 9.78. The monoisotopic (exact) mass is 289 g/mol. The number of hydrogen-bond donors (Lipinski definition) is 1. The molecule has 1 heterocycles. The molecule has 2 N–H and O–H groups in total. The molecule has 5 heteroatoms. The molecular weight excluding hydrogens is 270 g/mol. The lowest BCUT2D eigenvalue weighted by Gasteiger charge is -2.10. The van der Waals surface area contributed by atoms with E-state index in [1.54, 1.807) is 11.8 Å². The number of rotatable bonds is 6. The van der Waals surface area contributed by atoms with Crippen LogP contribution in [0.3, 0.4) is 0 Å². The summed E-state index contributed by atoms with van der Waals surface area (Å²) < 4.78 is 7.81. The largest absolute Gasteiger partial charge is 0.494 e. The van der Waals surface area contributed by atoms with Crippen molar-refractivity contribution in [2.45, 2.75) is 36.5 Å². The van der Waals surface area contributed by atoms with Crippen LogP contribution >= 0.6 is 11.8 Å². The summed E-state index contributed by atoms with van der Waals surface area (Å²) in [7, 11) is 0. The maximum Gasteiger partial charge on any atom is 0.120 e. The SMILES string of the molecule is CCOc1ccc(N)c(SCc2cncn2C2CC2)c1. The first kappa shape index (κ1) is 13.4. The number of nitrogens with two attached hydrogens (primary N) is 1. The number of nitrogen functional groups attached to an aromatic ring is 1. The number of anilines is 1. The standard InChI is InChI=1S/C15H19N3OS/c1-2-19-13-5-6-14(16)15(7-13)20-9-12-8-17-10-18(12)11-3-4-11/h5-8,10-11H,2-4,9,16H2,1H3. The minimum atomic E-state index is 0.667. The molecule has 4 nitrogen and oxygen atoms in total. The van der Waals surface area contributed by atoms with Crippen molar-refractivity contribution < 1.29 is 4.74 Å². The van der Waals surface area contributed by atoms with Crippen LogP contribution in [0.4, 0.5) is 5.69 Å². The Hall–Kier alpha value is -1.62. The smallest absolute Gasteiger partial charge is 0.120 e. The van der Waals surface area contributed by atoms with E-state index in [-0.39, 0.29) is 0 Å². The van der Waals surface area contributed by atoms with Crippen LogP contribution in [0.2, 0.25) is 0 Å². The average Bonchev–Trinajstić information content (AvgIpc) is 3.19. The normalized spacial score (nSPS) is 14.4. The summed E-state index contributed by atoms with van der Waals surface area (Å²) in [6.07, 6.45) is 6.44. The van der Waals surface area contributed by atoms with Crippen LogP contribution in [0.25, 0.3) is 0 Å². The van der Waals surface area contributed by atoms with E-state index in [0.717, 1.165) is 22.1 Å². The third kappa shape index (κ3) is 2.93. The van der Waals surface area contributed by atoms with E-state index in [4.69, 9.17) is 10.5 Å². The zero-order chi connectivity index (χ0) is 13.9. The molecule has 1 aliphatic rings. The van der Waals surface area contributed by atoms with Crippen LogP contribution in [-0.2, 0) is 5.75 Å². The maximum absolute atomic E-state index is 6.04. The summed E-state index contributed by atoms with van der Waals surface area (Å²) >= 11 is 1.74. The van der Waals surface area contributed by atoms with Crippen molar-refractivity contribution in [3.8, 4) is 5.75 Å². The van der Waals surface area contributed by atoms with Crippen molar-refractivity contribution in [2.75, 3.05) is 12.3 Å². The van der Waals surface area contributed by atoms with Gasteiger partial charge in [-0.15, -0.1) is 11.8 Å². The lowest BCUT2D eigenvalue weighted by atomic mass is 10.3. The van der Waals surface area contributed by atoms with E-state index in [0.29, 0.717) is 12.6 Å². The number of nitrogens with zero attached hydrogens (tertiary/aromatic N) is 2. The fourth-order valence-corrected chi connectivity index (χ4v) is 3.13. The highest BCUT2D eigenvalue weighted by Crippen LogP contribution is 2.37. The fraction of sp³-hybridized carbons (Fsp3) is 0.400. The second kappa shape index (κ2) is 5.79. The molecule has 3 rings (SSSR count). The van der Waals surface area contributed by atoms with Gasteiger partial charge in [-0.3, -0.25) is 0 Å². The Morgan fingerprint density at radius 3 is 3.05 bits per heavy atom. The van der Waals surface area contributed by atoms with Crippen LogP contribution in [-0.4, -0.2) is 16.2 Å². The lowest BCUT2D eigenvalue weighted by molar-refractivity contribution is 0.339. The highest BCUT2D eigenvalue weighted by molar-refractivity contribution is 7.98. The second-order valence-corrected chi connectivity index (χ2v) is 5.96. The number of benzene rings is 1. The first-order valence-electron chi connectivity index (χ1n) is 6.93. The molecule has 1 fully saturated rings. The van der Waals surface area contributed by atoms with Crippen molar-refractivity contribution in [1.29, 1.82) is 0 Å². The van der Waals surface area contributed by atoms with Gasteiger partial charge in [-0.25, -0.2) is 4.98 Å². The predicted molar refractivity (Wildman–Crippen MR) is 82.1 cm³/mol. The molecule has 20 heavy (non-hydrogen) atoms. The Kier molecular flexibility index (Phi) is 3.87. The predicted octanol–water partition coefficient (Wildman–Crippen LogP) is 3.49. The topological polar surface area (TPSA) is 53.1 Å². The highest BCUT2D eigenvalue weighted by Gasteiger charge is 2.25. The molecule has 0 aliphatic heterocycles. The molecule has 0 amide bonds. The van der Waals surface area contributed by atoms with Gasteiger partial charge in [-0.2, -0.15) is 0 Å².